The second-order valence-electron chi connectivity index (χ2n) is 7.02. The van der Waals surface area contributed by atoms with E-state index in [0.717, 1.165) is 11.2 Å². The number of imide groups is 1. The first kappa shape index (κ1) is 35.2. The Morgan fingerprint density at radius 2 is 0.784 bits per heavy atom. The van der Waals surface area contributed by atoms with E-state index in [2.05, 4.69) is 0 Å². The summed E-state index contributed by atoms with van der Waals surface area (Å²) in [5, 5.41) is 0. The molecule has 0 spiro atoms. The van der Waals surface area contributed by atoms with Crippen LogP contribution in [0.3, 0.4) is 0 Å². The van der Waals surface area contributed by atoms with E-state index in [9.17, 15) is 14.4 Å². The standard InChI is InChI=1S/C23H39NO11.C2H6/c25-5-1-6-28-8-10-30-12-14-32-16-18-34-20-21-35-19-17-33-15-13-31-11-9-29-7-4-24-22(26)2-3-23(24)27;1-2/h2-3,5H,1,4,6-21H2;1-2H3. The molecule has 0 saturated heterocycles. The Morgan fingerprint density at radius 3 is 1.08 bits per heavy atom. The summed E-state index contributed by atoms with van der Waals surface area (Å²) in [7, 11) is 0. The van der Waals surface area contributed by atoms with Gasteiger partial charge in [0.25, 0.3) is 11.8 Å². The lowest BCUT2D eigenvalue weighted by Gasteiger charge is -2.13. The van der Waals surface area contributed by atoms with Crippen molar-refractivity contribution in [2.75, 3.05) is 112 Å². The van der Waals surface area contributed by atoms with Crippen LogP contribution in [-0.4, -0.2) is 135 Å². The predicted molar refractivity (Wildman–Crippen MR) is 134 cm³/mol. The fraction of sp³-hybridized carbons (Fsp3) is 0.800. The first-order valence-electron chi connectivity index (χ1n) is 12.8. The van der Waals surface area contributed by atoms with Gasteiger partial charge in [0, 0.05) is 18.6 Å². The molecule has 0 radical (unpaired) electrons. The number of nitrogens with zero attached hydrogens (tertiary/aromatic N) is 1. The molecule has 0 N–H and O–H groups in total. The molecule has 0 saturated carbocycles. The number of rotatable bonds is 27. The zero-order valence-electron chi connectivity index (χ0n) is 22.4. The average molecular weight is 536 g/mol. The molecule has 1 heterocycles. The Labute approximate surface area is 220 Å². The minimum atomic E-state index is -0.307. The number of hydrogen-bond acceptors (Lipinski definition) is 11. The van der Waals surface area contributed by atoms with Crippen LogP contribution in [0.2, 0.25) is 0 Å². The van der Waals surface area contributed by atoms with Crippen LogP contribution in [0.5, 0.6) is 0 Å². The van der Waals surface area contributed by atoms with Crippen molar-refractivity contribution in [1.82, 2.24) is 4.90 Å². The van der Waals surface area contributed by atoms with Crippen LogP contribution >= 0.6 is 0 Å². The Hall–Kier alpha value is -1.77. The third kappa shape index (κ3) is 23.1. The molecular formula is C25H45NO11. The molecule has 216 valence electrons. The number of ether oxygens (including phenoxy) is 8. The van der Waals surface area contributed by atoms with Gasteiger partial charge in [0.2, 0.25) is 0 Å². The highest BCUT2D eigenvalue weighted by atomic mass is 16.6. The lowest BCUT2D eigenvalue weighted by molar-refractivity contribution is -0.137. The Bertz CT molecular complexity index is 557. The van der Waals surface area contributed by atoms with Crippen molar-refractivity contribution in [3.63, 3.8) is 0 Å². The second kappa shape index (κ2) is 28.8. The molecule has 37 heavy (non-hydrogen) atoms. The van der Waals surface area contributed by atoms with Gasteiger partial charge in [-0.1, -0.05) is 13.8 Å². The molecule has 0 unspecified atom stereocenters. The Kier molecular flexibility index (Phi) is 27.4. The van der Waals surface area contributed by atoms with Crippen molar-refractivity contribution in [1.29, 1.82) is 0 Å². The minimum absolute atomic E-state index is 0.241. The topological polar surface area (TPSA) is 128 Å². The maximum Gasteiger partial charge on any atom is 0.253 e. The highest BCUT2D eigenvalue weighted by molar-refractivity contribution is 6.12. The van der Waals surface area contributed by atoms with Gasteiger partial charge in [-0.2, -0.15) is 0 Å². The summed E-state index contributed by atoms with van der Waals surface area (Å²) in [6, 6.07) is 0. The number of amides is 2. The van der Waals surface area contributed by atoms with E-state index < -0.39 is 0 Å². The largest absolute Gasteiger partial charge is 0.379 e. The molecule has 0 aromatic rings. The zero-order chi connectivity index (χ0) is 27.2. The van der Waals surface area contributed by atoms with Gasteiger partial charge in [-0.3, -0.25) is 14.5 Å². The molecule has 0 aliphatic carbocycles. The minimum Gasteiger partial charge on any atom is -0.379 e. The molecule has 1 aliphatic heterocycles. The first-order chi connectivity index (χ1) is 18.3. The molecule has 0 aromatic carbocycles. The van der Waals surface area contributed by atoms with E-state index in [1.165, 1.54) is 12.2 Å². The van der Waals surface area contributed by atoms with Crippen LogP contribution in [-0.2, 0) is 52.3 Å². The maximum absolute atomic E-state index is 11.4. The molecule has 12 nitrogen and oxygen atoms in total. The van der Waals surface area contributed by atoms with Crippen molar-refractivity contribution in [3.8, 4) is 0 Å². The molecular weight excluding hydrogens is 490 g/mol. The lowest BCUT2D eigenvalue weighted by Crippen LogP contribution is -2.33. The summed E-state index contributed by atoms with van der Waals surface area (Å²) in [5.41, 5.74) is 0. The molecule has 0 atom stereocenters. The normalized spacial score (nSPS) is 12.8. The summed E-state index contributed by atoms with van der Waals surface area (Å²) in [6.45, 7) is 11.5. The molecule has 2 amide bonds. The highest BCUT2D eigenvalue weighted by Crippen LogP contribution is 2.02. The van der Waals surface area contributed by atoms with Gasteiger partial charge in [-0.15, -0.1) is 0 Å². The Balaban J connectivity index is 0.00000631. The van der Waals surface area contributed by atoms with Crippen LogP contribution in [0.4, 0.5) is 0 Å². The SMILES string of the molecule is CC.O=CCCOCCOCCOCCOCCOCCOCCOCCOCCN1C(=O)C=CC1=O. The maximum atomic E-state index is 11.4. The zero-order valence-corrected chi connectivity index (χ0v) is 22.4. The molecule has 0 bridgehead atoms. The quantitative estimate of drug-likeness (QED) is 0.0836. The van der Waals surface area contributed by atoms with Crippen LogP contribution < -0.4 is 0 Å². The van der Waals surface area contributed by atoms with Gasteiger partial charge >= 0.3 is 0 Å². The Morgan fingerprint density at radius 1 is 0.514 bits per heavy atom. The third-order valence-electron chi connectivity index (χ3n) is 4.34. The summed E-state index contributed by atoms with van der Waals surface area (Å²) in [4.78, 5) is 33.9. The van der Waals surface area contributed by atoms with Gasteiger partial charge in [0.05, 0.1) is 112 Å². The fourth-order valence-electron chi connectivity index (χ4n) is 2.58. The van der Waals surface area contributed by atoms with E-state index in [4.69, 9.17) is 37.9 Å². The number of carbonyl (C=O) groups is 3. The van der Waals surface area contributed by atoms with Crippen LogP contribution in [0.1, 0.15) is 20.3 Å². The molecule has 0 fully saturated rings. The monoisotopic (exact) mass is 535 g/mol. The molecule has 1 aliphatic rings. The molecule has 0 aromatic heterocycles. The summed E-state index contributed by atoms with van der Waals surface area (Å²) in [6.07, 6.45) is 3.74. The van der Waals surface area contributed by atoms with Crippen molar-refractivity contribution >= 4 is 18.1 Å². The third-order valence-corrected chi connectivity index (χ3v) is 4.34. The number of carbonyl (C=O) groups excluding carboxylic acids is 3. The van der Waals surface area contributed by atoms with Gasteiger partial charge < -0.3 is 42.7 Å². The smallest absolute Gasteiger partial charge is 0.253 e. The van der Waals surface area contributed by atoms with E-state index in [-0.39, 0.29) is 25.0 Å². The van der Waals surface area contributed by atoms with Crippen LogP contribution in [0, 0.1) is 0 Å². The van der Waals surface area contributed by atoms with E-state index >= 15 is 0 Å². The van der Waals surface area contributed by atoms with Crippen LogP contribution in [0.15, 0.2) is 12.2 Å². The van der Waals surface area contributed by atoms with Crippen molar-refractivity contribution in [3.05, 3.63) is 12.2 Å². The number of hydrogen-bond donors (Lipinski definition) is 0. The van der Waals surface area contributed by atoms with E-state index in [1.54, 1.807) is 0 Å². The van der Waals surface area contributed by atoms with Gasteiger partial charge in [0.15, 0.2) is 0 Å². The van der Waals surface area contributed by atoms with Crippen molar-refractivity contribution < 1.29 is 52.3 Å². The first-order valence-corrected chi connectivity index (χ1v) is 12.8. The fourth-order valence-corrected chi connectivity index (χ4v) is 2.58. The van der Waals surface area contributed by atoms with Crippen molar-refractivity contribution in [2.45, 2.75) is 20.3 Å². The average Bonchev–Trinajstić information content (AvgIpc) is 3.24. The lowest BCUT2D eigenvalue weighted by atomic mass is 10.5. The summed E-state index contributed by atoms with van der Waals surface area (Å²) >= 11 is 0. The summed E-state index contributed by atoms with van der Waals surface area (Å²) < 4.78 is 42.8. The summed E-state index contributed by atoms with van der Waals surface area (Å²) in [5.74, 6) is -0.613. The highest BCUT2D eigenvalue weighted by Gasteiger charge is 2.22. The number of aldehydes is 1. The van der Waals surface area contributed by atoms with Gasteiger partial charge in [-0.25, -0.2) is 0 Å². The van der Waals surface area contributed by atoms with Gasteiger partial charge in [-0.05, 0) is 0 Å². The van der Waals surface area contributed by atoms with E-state index in [1.807, 2.05) is 13.8 Å². The second-order valence-corrected chi connectivity index (χ2v) is 7.02. The van der Waals surface area contributed by atoms with Gasteiger partial charge in [0.1, 0.15) is 6.29 Å². The van der Waals surface area contributed by atoms with Crippen LogP contribution in [0.25, 0.3) is 0 Å². The molecule has 12 heteroatoms. The van der Waals surface area contributed by atoms with E-state index in [0.29, 0.717) is 106 Å². The predicted octanol–water partition coefficient (Wildman–Crippen LogP) is 0.659. The molecule has 1 rings (SSSR count). The van der Waals surface area contributed by atoms with Crippen molar-refractivity contribution in [2.24, 2.45) is 0 Å².